The topological polar surface area (TPSA) is 20.2 Å². The van der Waals surface area contributed by atoms with Crippen LogP contribution >= 0.6 is 11.3 Å². The number of hydrogen-bond acceptors (Lipinski definition) is 2. The maximum absolute atomic E-state index is 12.9. The molecule has 0 saturated heterocycles. The molecule has 0 atom stereocenters. The van der Waals surface area contributed by atoms with Crippen molar-refractivity contribution >= 4 is 21.4 Å². The summed E-state index contributed by atoms with van der Waals surface area (Å²) in [6.07, 6.45) is -2.71. The van der Waals surface area contributed by atoms with Crippen molar-refractivity contribution in [3.05, 3.63) is 28.9 Å². The number of hydrogen-bond donors (Lipinski definition) is 1. The smallest absolute Gasteiger partial charge is 0.264 e. The van der Waals surface area contributed by atoms with Crippen LogP contribution in [0.1, 0.15) is 12.0 Å². The highest BCUT2D eigenvalue weighted by Crippen LogP contribution is 2.40. The van der Waals surface area contributed by atoms with Gasteiger partial charge in [0.2, 0.25) is 5.13 Å². The van der Waals surface area contributed by atoms with Crippen molar-refractivity contribution in [1.29, 1.82) is 0 Å². The van der Waals surface area contributed by atoms with Gasteiger partial charge in [-0.2, -0.15) is 4.39 Å². The molecular weight excluding hydrogens is 213 g/mol. The van der Waals surface area contributed by atoms with Gasteiger partial charge in [-0.1, -0.05) is 12.1 Å². The fraction of sp³-hybridized carbons (Fsp3) is 0.111. The van der Waals surface area contributed by atoms with Gasteiger partial charge >= 0.3 is 0 Å². The SMILES string of the molecule is Oc1c(F)sc2cccc(C(F)F)c12. The lowest BCUT2D eigenvalue weighted by atomic mass is 10.1. The van der Waals surface area contributed by atoms with Gasteiger partial charge in [0, 0.05) is 15.6 Å². The summed E-state index contributed by atoms with van der Waals surface area (Å²) in [4.78, 5) is 0. The minimum Gasteiger partial charge on any atom is -0.504 e. The van der Waals surface area contributed by atoms with E-state index in [2.05, 4.69) is 0 Å². The van der Waals surface area contributed by atoms with E-state index in [-0.39, 0.29) is 10.9 Å². The number of rotatable bonds is 1. The first-order valence-corrected chi connectivity index (χ1v) is 4.61. The molecule has 0 amide bonds. The molecule has 14 heavy (non-hydrogen) atoms. The zero-order valence-corrected chi connectivity index (χ0v) is 7.62. The number of fused-ring (bicyclic) bond motifs is 1. The monoisotopic (exact) mass is 218 g/mol. The molecule has 1 aromatic carbocycles. The van der Waals surface area contributed by atoms with Gasteiger partial charge in [0.15, 0.2) is 5.75 Å². The Kier molecular flexibility index (Phi) is 2.11. The third kappa shape index (κ3) is 1.24. The third-order valence-electron chi connectivity index (χ3n) is 1.92. The molecular formula is C9H5F3OS. The van der Waals surface area contributed by atoms with E-state index in [1.54, 1.807) is 0 Å². The minimum atomic E-state index is -2.71. The average molecular weight is 218 g/mol. The maximum atomic E-state index is 12.9. The molecule has 0 radical (unpaired) electrons. The number of alkyl halides is 2. The Labute approximate surface area is 81.4 Å². The second-order valence-corrected chi connectivity index (χ2v) is 3.75. The normalized spacial score (nSPS) is 11.4. The average Bonchev–Trinajstić information content (AvgIpc) is 2.43. The number of halogens is 3. The zero-order valence-electron chi connectivity index (χ0n) is 6.80. The van der Waals surface area contributed by atoms with Gasteiger partial charge in [0.1, 0.15) is 0 Å². The Balaban J connectivity index is 2.84. The molecule has 0 aliphatic carbocycles. The molecule has 1 nitrogen and oxygen atoms in total. The summed E-state index contributed by atoms with van der Waals surface area (Å²) in [5.41, 5.74) is -0.333. The van der Waals surface area contributed by atoms with E-state index in [0.29, 0.717) is 16.0 Å². The highest BCUT2D eigenvalue weighted by molar-refractivity contribution is 7.17. The summed E-state index contributed by atoms with van der Waals surface area (Å²) < 4.78 is 38.1. The second-order valence-electron chi connectivity index (χ2n) is 2.75. The Morgan fingerprint density at radius 3 is 2.64 bits per heavy atom. The summed E-state index contributed by atoms with van der Waals surface area (Å²) in [5, 5.41) is 8.33. The molecule has 1 heterocycles. The molecule has 74 valence electrons. The van der Waals surface area contributed by atoms with Crippen molar-refractivity contribution < 1.29 is 18.3 Å². The molecule has 0 aliphatic heterocycles. The summed E-state index contributed by atoms with van der Waals surface area (Å²) in [6.45, 7) is 0. The lowest BCUT2D eigenvalue weighted by Gasteiger charge is -2.01. The Bertz CT molecular complexity index is 478. The summed E-state index contributed by atoms with van der Waals surface area (Å²) in [5.74, 6) is -0.680. The van der Waals surface area contributed by atoms with Crippen molar-refractivity contribution in [3.8, 4) is 5.75 Å². The molecule has 1 N–H and O–H groups in total. The molecule has 0 fully saturated rings. The largest absolute Gasteiger partial charge is 0.504 e. The lowest BCUT2D eigenvalue weighted by molar-refractivity contribution is 0.153. The predicted octanol–water partition coefficient (Wildman–Crippen LogP) is 3.68. The molecule has 2 rings (SSSR count). The molecule has 0 saturated carbocycles. The lowest BCUT2D eigenvalue weighted by Crippen LogP contribution is -1.83. The van der Waals surface area contributed by atoms with Crippen molar-refractivity contribution in [2.45, 2.75) is 6.43 Å². The molecule has 0 unspecified atom stereocenters. The molecule has 2 aromatic rings. The van der Waals surface area contributed by atoms with Crippen LogP contribution in [0.15, 0.2) is 18.2 Å². The van der Waals surface area contributed by atoms with E-state index >= 15 is 0 Å². The first-order valence-electron chi connectivity index (χ1n) is 3.79. The Morgan fingerprint density at radius 1 is 1.29 bits per heavy atom. The first kappa shape index (κ1) is 9.33. The van der Waals surface area contributed by atoms with Crippen LogP contribution in [0, 0.1) is 5.13 Å². The standard InChI is InChI=1S/C9H5F3OS/c10-8(11)4-2-1-3-5-6(4)7(13)9(12)14-5/h1-3,8,13H. The van der Waals surface area contributed by atoms with Crippen LogP contribution in [0.5, 0.6) is 5.75 Å². The fourth-order valence-electron chi connectivity index (χ4n) is 1.31. The number of benzene rings is 1. The Hall–Kier alpha value is -1.23. The van der Waals surface area contributed by atoms with Gasteiger partial charge in [0.25, 0.3) is 6.43 Å². The highest BCUT2D eigenvalue weighted by Gasteiger charge is 2.18. The maximum Gasteiger partial charge on any atom is 0.264 e. The van der Waals surface area contributed by atoms with Crippen LogP contribution in [0.2, 0.25) is 0 Å². The van der Waals surface area contributed by atoms with E-state index in [9.17, 15) is 18.3 Å². The van der Waals surface area contributed by atoms with E-state index in [1.807, 2.05) is 0 Å². The van der Waals surface area contributed by atoms with Crippen LogP contribution in [0.25, 0.3) is 10.1 Å². The van der Waals surface area contributed by atoms with E-state index in [4.69, 9.17) is 0 Å². The minimum absolute atomic E-state index is 0.0787. The summed E-state index contributed by atoms with van der Waals surface area (Å²) >= 11 is 0.660. The van der Waals surface area contributed by atoms with E-state index < -0.39 is 17.3 Å². The molecule has 0 spiro atoms. The van der Waals surface area contributed by atoms with Crippen molar-refractivity contribution in [3.63, 3.8) is 0 Å². The van der Waals surface area contributed by atoms with Crippen LogP contribution in [-0.2, 0) is 0 Å². The van der Waals surface area contributed by atoms with Crippen LogP contribution in [-0.4, -0.2) is 5.11 Å². The van der Waals surface area contributed by atoms with Crippen LogP contribution < -0.4 is 0 Å². The van der Waals surface area contributed by atoms with Crippen molar-refractivity contribution in [1.82, 2.24) is 0 Å². The zero-order chi connectivity index (χ0) is 10.3. The third-order valence-corrected chi connectivity index (χ3v) is 2.85. The Morgan fingerprint density at radius 2 is 2.00 bits per heavy atom. The molecule has 0 bridgehead atoms. The van der Waals surface area contributed by atoms with Gasteiger partial charge in [-0.15, -0.1) is 11.3 Å². The second kappa shape index (κ2) is 3.16. The van der Waals surface area contributed by atoms with Gasteiger partial charge < -0.3 is 5.11 Å². The van der Waals surface area contributed by atoms with Gasteiger partial charge in [-0.25, -0.2) is 8.78 Å². The summed E-state index contributed by atoms with van der Waals surface area (Å²) in [7, 11) is 0. The van der Waals surface area contributed by atoms with Gasteiger partial charge in [0.05, 0.1) is 0 Å². The van der Waals surface area contributed by atoms with E-state index in [0.717, 1.165) is 0 Å². The van der Waals surface area contributed by atoms with Gasteiger partial charge in [-0.05, 0) is 6.07 Å². The predicted molar refractivity (Wildman–Crippen MR) is 48.4 cm³/mol. The summed E-state index contributed by atoms with van der Waals surface area (Å²) in [6, 6.07) is 4.09. The van der Waals surface area contributed by atoms with Crippen LogP contribution in [0.3, 0.4) is 0 Å². The molecule has 1 aromatic heterocycles. The molecule has 5 heteroatoms. The van der Waals surface area contributed by atoms with Crippen molar-refractivity contribution in [2.75, 3.05) is 0 Å². The van der Waals surface area contributed by atoms with E-state index in [1.165, 1.54) is 18.2 Å². The van der Waals surface area contributed by atoms with Crippen LogP contribution in [0.4, 0.5) is 13.2 Å². The highest BCUT2D eigenvalue weighted by atomic mass is 32.1. The number of aromatic hydroxyl groups is 1. The number of thiophene rings is 1. The molecule has 0 aliphatic rings. The van der Waals surface area contributed by atoms with Gasteiger partial charge in [-0.3, -0.25) is 0 Å². The fourth-order valence-corrected chi connectivity index (χ4v) is 2.17. The van der Waals surface area contributed by atoms with Crippen molar-refractivity contribution in [2.24, 2.45) is 0 Å². The quantitative estimate of drug-likeness (QED) is 0.774. The first-order chi connectivity index (χ1) is 6.61.